The van der Waals surface area contributed by atoms with Crippen LogP contribution >= 0.6 is 0 Å². The summed E-state index contributed by atoms with van der Waals surface area (Å²) in [6.07, 6.45) is 7.19. The third kappa shape index (κ3) is 4.80. The first-order chi connectivity index (χ1) is 16.0. The fourth-order valence-corrected chi connectivity index (χ4v) is 4.33. The third-order valence-corrected chi connectivity index (χ3v) is 6.16. The number of anilines is 1. The molecule has 0 bridgehead atoms. The van der Waals surface area contributed by atoms with Crippen LogP contribution in [0.2, 0.25) is 0 Å². The van der Waals surface area contributed by atoms with Gasteiger partial charge in [0.25, 0.3) is 5.91 Å². The smallest absolute Gasteiger partial charge is 0.305 e. The van der Waals surface area contributed by atoms with E-state index in [0.717, 1.165) is 36.9 Å². The Kier molecular flexibility index (Phi) is 6.54. The monoisotopic (exact) mass is 446 g/mol. The molecule has 4 rings (SSSR count). The van der Waals surface area contributed by atoms with Crippen LogP contribution in [0.15, 0.2) is 36.7 Å². The van der Waals surface area contributed by atoms with E-state index in [9.17, 15) is 9.59 Å². The first-order valence-electron chi connectivity index (χ1n) is 11.0. The number of carbonyl (C=O) groups is 2. The molecule has 1 aliphatic rings. The van der Waals surface area contributed by atoms with E-state index < -0.39 is 0 Å². The van der Waals surface area contributed by atoms with Crippen LogP contribution in [0.4, 0.5) is 5.69 Å². The summed E-state index contributed by atoms with van der Waals surface area (Å²) in [7, 11) is 3.01. The number of pyridine rings is 1. The normalized spacial score (nSPS) is 17.8. The molecular weight excluding hydrogens is 420 g/mol. The molecule has 0 aliphatic heterocycles. The second-order valence-corrected chi connectivity index (χ2v) is 8.25. The van der Waals surface area contributed by atoms with Gasteiger partial charge in [0.2, 0.25) is 0 Å². The van der Waals surface area contributed by atoms with E-state index in [4.69, 9.17) is 10.00 Å². The summed E-state index contributed by atoms with van der Waals surface area (Å²) in [5.74, 6) is -0.0480. The second-order valence-electron chi connectivity index (χ2n) is 8.25. The van der Waals surface area contributed by atoms with Gasteiger partial charge in [0.1, 0.15) is 6.07 Å². The molecule has 0 unspecified atom stereocenters. The van der Waals surface area contributed by atoms with Crippen LogP contribution in [-0.2, 0) is 9.53 Å². The molecule has 0 atom stereocenters. The molecule has 1 aliphatic carbocycles. The van der Waals surface area contributed by atoms with E-state index >= 15 is 0 Å². The van der Waals surface area contributed by atoms with E-state index in [-0.39, 0.29) is 17.9 Å². The summed E-state index contributed by atoms with van der Waals surface area (Å²) < 4.78 is 6.52. The van der Waals surface area contributed by atoms with Crippen molar-refractivity contribution in [1.29, 1.82) is 5.26 Å². The molecule has 0 aromatic carbocycles. The van der Waals surface area contributed by atoms with Gasteiger partial charge in [-0.15, -0.1) is 0 Å². The third-order valence-electron chi connectivity index (χ3n) is 6.16. The number of hydrogen-bond donors (Lipinski definition) is 2. The van der Waals surface area contributed by atoms with Crippen molar-refractivity contribution >= 4 is 23.1 Å². The SMILES string of the molecule is CNC(=O)c1cnc(-c2ccc3cc(C#N)cnn23)cc1NC1CCC(CC(=O)OC)CC1. The summed E-state index contributed by atoms with van der Waals surface area (Å²) in [4.78, 5) is 28.6. The van der Waals surface area contributed by atoms with E-state index in [1.54, 1.807) is 23.8 Å². The summed E-state index contributed by atoms with van der Waals surface area (Å²) >= 11 is 0. The lowest BCUT2D eigenvalue weighted by Gasteiger charge is -2.29. The molecule has 0 saturated heterocycles. The van der Waals surface area contributed by atoms with Gasteiger partial charge in [-0.05, 0) is 55.9 Å². The van der Waals surface area contributed by atoms with E-state index in [1.165, 1.54) is 13.3 Å². The standard InChI is InChI=1S/C24H26N6O3/c1-26-24(32)19-14-27-21(22-8-7-18-9-16(12-25)13-28-30(18)22)11-20(19)29-17-5-3-15(4-6-17)10-23(31)33-2/h7-9,11,13-15,17H,3-6,10H2,1-2H3,(H,26,32)(H,27,29). The number of hydrogen-bond acceptors (Lipinski definition) is 7. The van der Waals surface area contributed by atoms with Crippen molar-refractivity contribution in [2.75, 3.05) is 19.5 Å². The fourth-order valence-electron chi connectivity index (χ4n) is 4.33. The number of carbonyl (C=O) groups excluding carboxylic acids is 2. The molecule has 9 nitrogen and oxygen atoms in total. The molecule has 3 aromatic rings. The predicted molar refractivity (Wildman–Crippen MR) is 123 cm³/mol. The van der Waals surface area contributed by atoms with Crippen molar-refractivity contribution in [3.63, 3.8) is 0 Å². The molecule has 33 heavy (non-hydrogen) atoms. The number of esters is 1. The average Bonchev–Trinajstić information content (AvgIpc) is 3.27. The quantitative estimate of drug-likeness (QED) is 0.558. The highest BCUT2D eigenvalue weighted by molar-refractivity contribution is 5.99. The second kappa shape index (κ2) is 9.69. The Hall–Kier alpha value is -3.93. The highest BCUT2D eigenvalue weighted by Crippen LogP contribution is 2.31. The largest absolute Gasteiger partial charge is 0.469 e. The van der Waals surface area contributed by atoms with Crippen molar-refractivity contribution < 1.29 is 14.3 Å². The van der Waals surface area contributed by atoms with Crippen LogP contribution in [0.5, 0.6) is 0 Å². The van der Waals surface area contributed by atoms with Crippen molar-refractivity contribution in [2.24, 2.45) is 5.92 Å². The van der Waals surface area contributed by atoms with Gasteiger partial charge in [0, 0.05) is 25.7 Å². The zero-order chi connectivity index (χ0) is 23.4. The van der Waals surface area contributed by atoms with E-state index in [0.29, 0.717) is 34.8 Å². The molecular formula is C24H26N6O3. The number of aromatic nitrogens is 3. The van der Waals surface area contributed by atoms with Gasteiger partial charge in [0.15, 0.2) is 0 Å². The minimum atomic E-state index is -0.215. The van der Waals surface area contributed by atoms with Gasteiger partial charge in [0.05, 0.1) is 47.0 Å². The van der Waals surface area contributed by atoms with E-state index in [2.05, 4.69) is 26.8 Å². The number of nitriles is 1. The summed E-state index contributed by atoms with van der Waals surface area (Å²) in [6.45, 7) is 0. The number of ether oxygens (including phenoxy) is 1. The maximum atomic E-state index is 12.5. The Labute approximate surface area is 191 Å². The van der Waals surface area contributed by atoms with Gasteiger partial charge >= 0.3 is 5.97 Å². The Morgan fingerprint density at radius 2 is 2.00 bits per heavy atom. The van der Waals surface area contributed by atoms with Gasteiger partial charge in [-0.2, -0.15) is 10.4 Å². The average molecular weight is 447 g/mol. The topological polar surface area (TPSA) is 121 Å². The van der Waals surface area contributed by atoms with Crippen LogP contribution in [0.25, 0.3) is 16.9 Å². The maximum absolute atomic E-state index is 12.5. The number of nitrogens with one attached hydrogen (secondary N) is 2. The van der Waals surface area contributed by atoms with Crippen LogP contribution in [0.3, 0.4) is 0 Å². The summed E-state index contributed by atoms with van der Waals surface area (Å²) in [6, 6.07) is 9.70. The van der Waals surface area contributed by atoms with Crippen molar-refractivity contribution in [2.45, 2.75) is 38.1 Å². The molecule has 2 N–H and O–H groups in total. The number of fused-ring (bicyclic) bond motifs is 1. The number of methoxy groups -OCH3 is 1. The zero-order valence-corrected chi connectivity index (χ0v) is 18.7. The van der Waals surface area contributed by atoms with Gasteiger partial charge in [-0.1, -0.05) is 0 Å². The molecule has 170 valence electrons. The number of amides is 1. The highest BCUT2D eigenvalue weighted by atomic mass is 16.5. The Morgan fingerprint density at radius 1 is 1.21 bits per heavy atom. The molecule has 1 fully saturated rings. The Morgan fingerprint density at radius 3 is 2.70 bits per heavy atom. The van der Waals surface area contributed by atoms with Crippen LogP contribution < -0.4 is 10.6 Å². The fraction of sp³-hybridized carbons (Fsp3) is 0.375. The van der Waals surface area contributed by atoms with Crippen LogP contribution in [0, 0.1) is 17.2 Å². The van der Waals surface area contributed by atoms with Gasteiger partial charge in [-0.25, -0.2) is 4.52 Å². The summed E-state index contributed by atoms with van der Waals surface area (Å²) in [5, 5.41) is 19.7. The number of rotatable bonds is 6. The van der Waals surface area contributed by atoms with Gasteiger partial charge in [-0.3, -0.25) is 14.6 Å². The molecule has 9 heteroatoms. The first-order valence-corrected chi connectivity index (χ1v) is 11.0. The lowest BCUT2D eigenvalue weighted by atomic mass is 9.84. The molecule has 0 radical (unpaired) electrons. The first kappa shape index (κ1) is 22.3. The Balaban J connectivity index is 1.59. The van der Waals surface area contributed by atoms with Crippen molar-refractivity contribution in [1.82, 2.24) is 19.9 Å². The molecule has 3 heterocycles. The minimum Gasteiger partial charge on any atom is -0.469 e. The van der Waals surface area contributed by atoms with Crippen LogP contribution in [-0.4, -0.2) is 46.7 Å². The summed E-state index contributed by atoms with van der Waals surface area (Å²) in [5.41, 5.74) is 3.89. The lowest BCUT2D eigenvalue weighted by molar-refractivity contribution is -0.142. The van der Waals surface area contributed by atoms with Crippen molar-refractivity contribution in [3.05, 3.63) is 47.8 Å². The molecule has 1 saturated carbocycles. The predicted octanol–water partition coefficient (Wildman–Crippen LogP) is 3.16. The molecule has 1 amide bonds. The Bertz CT molecular complexity index is 1220. The minimum absolute atomic E-state index is 0.165. The van der Waals surface area contributed by atoms with Gasteiger partial charge < -0.3 is 15.4 Å². The molecule has 0 spiro atoms. The zero-order valence-electron chi connectivity index (χ0n) is 18.7. The number of nitrogens with zero attached hydrogens (tertiary/aromatic N) is 4. The lowest BCUT2D eigenvalue weighted by Crippen LogP contribution is -2.29. The molecule has 3 aromatic heterocycles. The van der Waals surface area contributed by atoms with Crippen LogP contribution in [0.1, 0.15) is 48.0 Å². The highest BCUT2D eigenvalue weighted by Gasteiger charge is 2.25. The van der Waals surface area contributed by atoms with Crippen molar-refractivity contribution in [3.8, 4) is 17.5 Å². The van der Waals surface area contributed by atoms with E-state index in [1.807, 2.05) is 18.2 Å². The maximum Gasteiger partial charge on any atom is 0.305 e.